The number of rotatable bonds is 4. The molecule has 2 unspecified atom stereocenters. The summed E-state index contributed by atoms with van der Waals surface area (Å²) in [4.78, 5) is 42.8. The molecular formula is C19H25N3O3. The van der Waals surface area contributed by atoms with Crippen molar-refractivity contribution < 1.29 is 14.4 Å². The fourth-order valence-electron chi connectivity index (χ4n) is 4.08. The summed E-state index contributed by atoms with van der Waals surface area (Å²) in [7, 11) is 0. The van der Waals surface area contributed by atoms with Gasteiger partial charge in [0.25, 0.3) is 0 Å². The molecule has 3 amide bonds. The Kier molecular flexibility index (Phi) is 4.88. The highest BCUT2D eigenvalue weighted by molar-refractivity contribution is 6.05. The third-order valence-corrected chi connectivity index (χ3v) is 5.28. The molecule has 1 aliphatic heterocycles. The summed E-state index contributed by atoms with van der Waals surface area (Å²) in [5.41, 5.74) is 3.34. The van der Waals surface area contributed by atoms with Crippen molar-refractivity contribution in [1.82, 2.24) is 9.88 Å². The number of aromatic nitrogens is 1. The first-order chi connectivity index (χ1) is 11.9. The van der Waals surface area contributed by atoms with Crippen LogP contribution in [-0.4, -0.2) is 34.2 Å². The number of fused-ring (bicyclic) bond motifs is 1. The van der Waals surface area contributed by atoms with E-state index in [0.29, 0.717) is 5.69 Å². The van der Waals surface area contributed by atoms with Gasteiger partial charge < -0.3 is 5.32 Å². The predicted octanol–water partition coefficient (Wildman–Crippen LogP) is 2.51. The number of imide groups is 1. The van der Waals surface area contributed by atoms with E-state index in [0.717, 1.165) is 42.6 Å². The molecule has 0 spiro atoms. The van der Waals surface area contributed by atoms with E-state index in [4.69, 9.17) is 0 Å². The molecule has 0 radical (unpaired) electrons. The van der Waals surface area contributed by atoms with Crippen LogP contribution in [0.15, 0.2) is 6.07 Å². The highest BCUT2D eigenvalue weighted by Crippen LogP contribution is 2.38. The lowest BCUT2D eigenvalue weighted by molar-refractivity contribution is -0.140. The molecule has 2 heterocycles. The minimum atomic E-state index is -0.202. The number of nitrogens with one attached hydrogen (secondary N) is 1. The normalized spacial score (nSPS) is 22.9. The summed E-state index contributed by atoms with van der Waals surface area (Å²) in [5, 5.41) is 2.87. The first kappa shape index (κ1) is 17.6. The predicted molar refractivity (Wildman–Crippen MR) is 93.9 cm³/mol. The number of carbonyl (C=O) groups excluding carboxylic acids is 3. The van der Waals surface area contributed by atoms with Crippen molar-refractivity contribution in [3.63, 3.8) is 0 Å². The smallest absolute Gasteiger partial charge is 0.233 e. The summed E-state index contributed by atoms with van der Waals surface area (Å²) in [6.45, 7) is 5.85. The fourth-order valence-corrected chi connectivity index (χ4v) is 4.08. The Hall–Kier alpha value is -2.24. The monoisotopic (exact) mass is 343 g/mol. The molecule has 1 aliphatic carbocycles. The SMILES string of the molecule is Cc1cc(C)c(NC(=O)CCN2C(=O)C3CCCCC3C2=O)c(C)n1. The number of hydrogen-bond acceptors (Lipinski definition) is 4. The Bertz CT molecular complexity index is 682. The average molecular weight is 343 g/mol. The van der Waals surface area contributed by atoms with Crippen molar-refractivity contribution in [3.8, 4) is 0 Å². The zero-order valence-electron chi connectivity index (χ0n) is 15.1. The van der Waals surface area contributed by atoms with Crippen LogP contribution in [0.1, 0.15) is 49.1 Å². The fraction of sp³-hybridized carbons (Fsp3) is 0.579. The number of likely N-dealkylation sites (tertiary alicyclic amines) is 1. The van der Waals surface area contributed by atoms with Gasteiger partial charge in [-0.05, 0) is 45.2 Å². The van der Waals surface area contributed by atoms with Gasteiger partial charge in [-0.3, -0.25) is 24.3 Å². The molecule has 6 heteroatoms. The number of aryl methyl sites for hydroxylation is 3. The van der Waals surface area contributed by atoms with E-state index in [1.54, 1.807) is 0 Å². The topological polar surface area (TPSA) is 79.4 Å². The quantitative estimate of drug-likeness (QED) is 0.852. The first-order valence-electron chi connectivity index (χ1n) is 8.98. The molecule has 1 saturated heterocycles. The van der Waals surface area contributed by atoms with Gasteiger partial charge in [-0.25, -0.2) is 0 Å². The maximum absolute atomic E-state index is 12.4. The summed E-state index contributed by atoms with van der Waals surface area (Å²) in [6.07, 6.45) is 3.72. The van der Waals surface area contributed by atoms with E-state index in [2.05, 4.69) is 10.3 Å². The van der Waals surface area contributed by atoms with E-state index >= 15 is 0 Å². The van der Waals surface area contributed by atoms with Crippen molar-refractivity contribution in [1.29, 1.82) is 0 Å². The average Bonchev–Trinajstić information content (AvgIpc) is 2.81. The van der Waals surface area contributed by atoms with Crippen molar-refractivity contribution in [2.24, 2.45) is 11.8 Å². The summed E-state index contributed by atoms with van der Waals surface area (Å²) < 4.78 is 0. The molecule has 2 atom stereocenters. The molecule has 0 bridgehead atoms. The Morgan fingerprint density at radius 3 is 2.32 bits per heavy atom. The van der Waals surface area contributed by atoms with Crippen LogP contribution in [0.3, 0.4) is 0 Å². The van der Waals surface area contributed by atoms with Crippen LogP contribution >= 0.6 is 0 Å². The zero-order chi connectivity index (χ0) is 18.1. The molecule has 1 saturated carbocycles. The van der Waals surface area contributed by atoms with Crippen LogP contribution in [0.5, 0.6) is 0 Å². The molecule has 2 aliphatic rings. The van der Waals surface area contributed by atoms with Crippen molar-refractivity contribution in [2.75, 3.05) is 11.9 Å². The largest absolute Gasteiger partial charge is 0.324 e. The van der Waals surface area contributed by atoms with Gasteiger partial charge in [0.05, 0.1) is 23.2 Å². The minimum Gasteiger partial charge on any atom is -0.324 e. The Morgan fingerprint density at radius 2 is 1.76 bits per heavy atom. The number of hydrogen-bond donors (Lipinski definition) is 1. The number of nitrogens with zero attached hydrogens (tertiary/aromatic N) is 2. The summed E-state index contributed by atoms with van der Waals surface area (Å²) in [6, 6.07) is 1.92. The van der Waals surface area contributed by atoms with E-state index < -0.39 is 0 Å². The van der Waals surface area contributed by atoms with Gasteiger partial charge in [-0.2, -0.15) is 0 Å². The maximum atomic E-state index is 12.4. The highest BCUT2D eigenvalue weighted by atomic mass is 16.2. The van der Waals surface area contributed by atoms with Crippen molar-refractivity contribution >= 4 is 23.4 Å². The lowest BCUT2D eigenvalue weighted by Crippen LogP contribution is -2.34. The second-order valence-electron chi connectivity index (χ2n) is 7.16. The number of pyridine rings is 1. The van der Waals surface area contributed by atoms with E-state index in [-0.39, 0.29) is 42.5 Å². The van der Waals surface area contributed by atoms with Crippen molar-refractivity contribution in [2.45, 2.75) is 52.9 Å². The van der Waals surface area contributed by atoms with Crippen LogP contribution in [0.4, 0.5) is 5.69 Å². The first-order valence-corrected chi connectivity index (χ1v) is 8.98. The molecule has 25 heavy (non-hydrogen) atoms. The van der Waals surface area contributed by atoms with E-state index in [9.17, 15) is 14.4 Å². The zero-order valence-corrected chi connectivity index (χ0v) is 15.1. The Balaban J connectivity index is 1.61. The summed E-state index contributed by atoms with van der Waals surface area (Å²) >= 11 is 0. The van der Waals surface area contributed by atoms with Crippen molar-refractivity contribution in [3.05, 3.63) is 23.0 Å². The second-order valence-corrected chi connectivity index (χ2v) is 7.16. The van der Waals surface area contributed by atoms with Gasteiger partial charge in [0, 0.05) is 18.7 Å². The standard InChI is InChI=1S/C19H25N3O3/c1-11-10-12(2)20-13(3)17(11)21-16(23)8-9-22-18(24)14-6-4-5-7-15(14)19(22)25/h10,14-15H,4-9H2,1-3H3,(H,21,23). The number of carbonyl (C=O) groups is 3. The van der Waals surface area contributed by atoms with Gasteiger partial charge in [-0.15, -0.1) is 0 Å². The summed E-state index contributed by atoms with van der Waals surface area (Å²) in [5.74, 6) is -0.698. The third-order valence-electron chi connectivity index (χ3n) is 5.28. The molecule has 3 rings (SSSR count). The van der Waals surface area contributed by atoms with Crippen LogP contribution in [0.2, 0.25) is 0 Å². The highest BCUT2D eigenvalue weighted by Gasteiger charge is 2.47. The van der Waals surface area contributed by atoms with Gasteiger partial charge in [0.1, 0.15) is 0 Å². The Morgan fingerprint density at radius 1 is 1.16 bits per heavy atom. The van der Waals surface area contributed by atoms with E-state index in [1.807, 2.05) is 26.8 Å². The number of amides is 3. The van der Waals surface area contributed by atoms with Gasteiger partial charge in [0.15, 0.2) is 0 Å². The van der Waals surface area contributed by atoms with Gasteiger partial charge in [0.2, 0.25) is 17.7 Å². The van der Waals surface area contributed by atoms with Gasteiger partial charge in [-0.1, -0.05) is 12.8 Å². The molecular weight excluding hydrogens is 318 g/mol. The minimum absolute atomic E-state index is 0.0909. The molecule has 0 aromatic carbocycles. The molecule has 6 nitrogen and oxygen atoms in total. The third kappa shape index (κ3) is 3.43. The van der Waals surface area contributed by atoms with Crippen LogP contribution in [0, 0.1) is 32.6 Å². The second kappa shape index (κ2) is 6.94. The molecule has 1 aromatic heterocycles. The lowest BCUT2D eigenvalue weighted by atomic mass is 9.81. The molecule has 2 fully saturated rings. The van der Waals surface area contributed by atoms with E-state index in [1.165, 1.54) is 4.90 Å². The maximum Gasteiger partial charge on any atom is 0.233 e. The number of anilines is 1. The van der Waals surface area contributed by atoms with Gasteiger partial charge >= 0.3 is 0 Å². The Labute approximate surface area is 148 Å². The lowest BCUT2D eigenvalue weighted by Gasteiger charge is -2.19. The van der Waals surface area contributed by atoms with Crippen LogP contribution in [-0.2, 0) is 14.4 Å². The molecule has 134 valence electrons. The van der Waals surface area contributed by atoms with Crippen LogP contribution in [0.25, 0.3) is 0 Å². The van der Waals surface area contributed by atoms with Crippen LogP contribution < -0.4 is 5.32 Å². The molecule has 1 N–H and O–H groups in total. The molecule has 1 aromatic rings.